The van der Waals surface area contributed by atoms with Crippen molar-refractivity contribution in [3.63, 3.8) is 0 Å². The third kappa shape index (κ3) is 6.15. The molecule has 0 aliphatic heterocycles. The van der Waals surface area contributed by atoms with Crippen LogP contribution < -0.4 is 0 Å². The van der Waals surface area contributed by atoms with E-state index >= 15 is 0 Å². The molecule has 66 valence electrons. The predicted octanol–water partition coefficient (Wildman–Crippen LogP) is 0.162. The third-order valence-corrected chi connectivity index (χ3v) is 1.14. The molecule has 0 heterocycles. The van der Waals surface area contributed by atoms with Crippen molar-refractivity contribution in [3.05, 3.63) is 0 Å². The lowest BCUT2D eigenvalue weighted by Crippen LogP contribution is -2.21. The molecule has 5 heteroatoms. The minimum absolute atomic E-state index is 0.0345. The number of esters is 1. The second kappa shape index (κ2) is 6.45. The Morgan fingerprint density at radius 2 is 2.27 bits per heavy atom. The van der Waals surface area contributed by atoms with E-state index in [0.717, 1.165) is 0 Å². The standard InChI is InChI=1S/C6H12O4S/c1-2-6(8)9-3-5(7)4-10-11/h5,7,11H,2-4H2,1H3. The number of rotatable bonds is 5. The fraction of sp³-hybridized carbons (Fsp3) is 0.833. The van der Waals surface area contributed by atoms with Crippen molar-refractivity contribution >= 4 is 18.9 Å². The molecule has 0 fully saturated rings. The molecule has 0 saturated carbocycles. The lowest BCUT2D eigenvalue weighted by Gasteiger charge is -2.08. The molecule has 0 spiro atoms. The zero-order chi connectivity index (χ0) is 8.69. The highest BCUT2D eigenvalue weighted by Gasteiger charge is 2.06. The van der Waals surface area contributed by atoms with Gasteiger partial charge >= 0.3 is 5.97 Å². The summed E-state index contributed by atoms with van der Waals surface area (Å²) >= 11 is 3.43. The van der Waals surface area contributed by atoms with Gasteiger partial charge in [-0.2, -0.15) is 0 Å². The molecule has 4 nitrogen and oxygen atoms in total. The summed E-state index contributed by atoms with van der Waals surface area (Å²) in [5, 5.41) is 8.94. The largest absolute Gasteiger partial charge is 0.463 e. The van der Waals surface area contributed by atoms with Crippen LogP contribution >= 0.6 is 12.9 Å². The molecule has 1 unspecified atom stereocenters. The number of hydrogen-bond donors (Lipinski definition) is 2. The van der Waals surface area contributed by atoms with Gasteiger partial charge in [-0.15, -0.1) is 0 Å². The van der Waals surface area contributed by atoms with E-state index in [1.165, 1.54) is 0 Å². The minimum Gasteiger partial charge on any atom is -0.463 e. The molecule has 11 heavy (non-hydrogen) atoms. The first-order valence-electron chi connectivity index (χ1n) is 3.30. The maximum Gasteiger partial charge on any atom is 0.305 e. The zero-order valence-electron chi connectivity index (χ0n) is 6.32. The van der Waals surface area contributed by atoms with E-state index in [-0.39, 0.29) is 19.2 Å². The van der Waals surface area contributed by atoms with Crippen LogP contribution in [0, 0.1) is 0 Å². The second-order valence-electron chi connectivity index (χ2n) is 1.99. The van der Waals surface area contributed by atoms with Crippen molar-refractivity contribution < 1.29 is 18.8 Å². The van der Waals surface area contributed by atoms with Crippen LogP contribution in [0.3, 0.4) is 0 Å². The summed E-state index contributed by atoms with van der Waals surface area (Å²) < 4.78 is 8.93. The van der Waals surface area contributed by atoms with Gasteiger partial charge in [0.15, 0.2) is 0 Å². The van der Waals surface area contributed by atoms with Crippen molar-refractivity contribution in [2.24, 2.45) is 0 Å². The smallest absolute Gasteiger partial charge is 0.305 e. The molecule has 1 N–H and O–H groups in total. The van der Waals surface area contributed by atoms with E-state index in [2.05, 4.69) is 21.8 Å². The topological polar surface area (TPSA) is 55.8 Å². The van der Waals surface area contributed by atoms with Crippen LogP contribution in [0.4, 0.5) is 0 Å². The summed E-state index contributed by atoms with van der Waals surface area (Å²) in [6.45, 7) is 1.71. The van der Waals surface area contributed by atoms with Crippen LogP contribution in [-0.2, 0) is 13.7 Å². The monoisotopic (exact) mass is 180 g/mol. The van der Waals surface area contributed by atoms with Crippen LogP contribution in [-0.4, -0.2) is 30.4 Å². The molecule has 0 aromatic heterocycles. The van der Waals surface area contributed by atoms with Gasteiger partial charge in [0.2, 0.25) is 0 Å². The normalized spacial score (nSPS) is 12.6. The molecule has 1 atom stereocenters. The number of ether oxygens (including phenoxy) is 1. The Labute approximate surface area is 71.1 Å². The molecule has 0 radical (unpaired) electrons. The van der Waals surface area contributed by atoms with Gasteiger partial charge in [0, 0.05) is 6.42 Å². The average Bonchev–Trinajstić information content (AvgIpc) is 2.01. The van der Waals surface area contributed by atoms with Gasteiger partial charge < -0.3 is 14.0 Å². The Balaban J connectivity index is 3.29. The maximum absolute atomic E-state index is 10.5. The Morgan fingerprint density at radius 3 is 2.73 bits per heavy atom. The van der Waals surface area contributed by atoms with Gasteiger partial charge in [0.1, 0.15) is 12.7 Å². The Hall–Kier alpha value is -0.260. The molecule has 0 bridgehead atoms. The first kappa shape index (κ1) is 10.7. The number of thiol groups is 1. The molecule has 0 aromatic carbocycles. The summed E-state index contributed by atoms with van der Waals surface area (Å²) in [6, 6.07) is 0. The van der Waals surface area contributed by atoms with E-state index < -0.39 is 6.10 Å². The first-order valence-corrected chi connectivity index (χ1v) is 3.67. The zero-order valence-corrected chi connectivity index (χ0v) is 7.21. The molecule has 0 saturated heterocycles. The van der Waals surface area contributed by atoms with Gasteiger partial charge in [-0.05, 0) is 12.9 Å². The minimum atomic E-state index is -0.789. The highest BCUT2D eigenvalue weighted by atomic mass is 32.1. The average molecular weight is 180 g/mol. The van der Waals surface area contributed by atoms with Gasteiger partial charge in [0.05, 0.1) is 6.61 Å². The van der Waals surface area contributed by atoms with Crippen molar-refractivity contribution in [2.45, 2.75) is 19.4 Å². The van der Waals surface area contributed by atoms with E-state index in [1.54, 1.807) is 6.92 Å². The Kier molecular flexibility index (Phi) is 6.30. The third-order valence-electron chi connectivity index (χ3n) is 0.992. The quantitative estimate of drug-likeness (QED) is 0.359. The number of carbonyl (C=O) groups is 1. The van der Waals surface area contributed by atoms with Crippen molar-refractivity contribution in [2.75, 3.05) is 13.2 Å². The van der Waals surface area contributed by atoms with E-state index in [0.29, 0.717) is 6.42 Å². The second-order valence-corrected chi connectivity index (χ2v) is 2.24. The highest BCUT2D eigenvalue weighted by Crippen LogP contribution is 1.91. The lowest BCUT2D eigenvalue weighted by molar-refractivity contribution is -0.146. The van der Waals surface area contributed by atoms with Gasteiger partial charge in [0.25, 0.3) is 0 Å². The fourth-order valence-electron chi connectivity index (χ4n) is 0.425. The molecule has 0 aliphatic carbocycles. The van der Waals surface area contributed by atoms with Crippen LogP contribution in [0.2, 0.25) is 0 Å². The van der Waals surface area contributed by atoms with E-state index in [9.17, 15) is 4.79 Å². The van der Waals surface area contributed by atoms with Gasteiger partial charge in [-0.1, -0.05) is 6.92 Å². The maximum atomic E-state index is 10.5. The van der Waals surface area contributed by atoms with Crippen molar-refractivity contribution in [1.29, 1.82) is 0 Å². The van der Waals surface area contributed by atoms with Crippen molar-refractivity contribution in [1.82, 2.24) is 0 Å². The van der Waals surface area contributed by atoms with Crippen LogP contribution in [0.15, 0.2) is 0 Å². The lowest BCUT2D eigenvalue weighted by atomic mass is 10.4. The molecule has 0 aliphatic rings. The van der Waals surface area contributed by atoms with Gasteiger partial charge in [-0.3, -0.25) is 4.79 Å². The van der Waals surface area contributed by atoms with Crippen molar-refractivity contribution in [3.8, 4) is 0 Å². The summed E-state index contributed by atoms with van der Waals surface area (Å²) in [7, 11) is 0. The molecular formula is C6H12O4S. The van der Waals surface area contributed by atoms with Crippen LogP contribution in [0.25, 0.3) is 0 Å². The first-order chi connectivity index (χ1) is 5.20. The fourth-order valence-corrected chi connectivity index (χ4v) is 0.597. The summed E-state index contributed by atoms with van der Waals surface area (Å²) in [5.41, 5.74) is 0. The van der Waals surface area contributed by atoms with E-state index in [4.69, 9.17) is 5.11 Å². The predicted molar refractivity (Wildman–Crippen MR) is 42.2 cm³/mol. The molecule has 0 amide bonds. The Morgan fingerprint density at radius 1 is 1.64 bits per heavy atom. The summed E-state index contributed by atoms with van der Waals surface area (Å²) in [4.78, 5) is 10.5. The highest BCUT2D eigenvalue weighted by molar-refractivity contribution is 7.75. The molecule has 0 aromatic rings. The Bertz CT molecular complexity index is 117. The number of carbonyl (C=O) groups excluding carboxylic acids is 1. The van der Waals surface area contributed by atoms with Crippen LogP contribution in [0.1, 0.15) is 13.3 Å². The SMILES string of the molecule is CCC(=O)OCC(O)COS. The van der Waals surface area contributed by atoms with Gasteiger partial charge in [-0.25, -0.2) is 0 Å². The summed E-state index contributed by atoms with van der Waals surface area (Å²) in [5.74, 6) is -0.330. The molecule has 0 rings (SSSR count). The summed E-state index contributed by atoms with van der Waals surface area (Å²) in [6.07, 6.45) is -0.475. The van der Waals surface area contributed by atoms with E-state index in [1.807, 2.05) is 0 Å². The van der Waals surface area contributed by atoms with Crippen LogP contribution in [0.5, 0.6) is 0 Å². The number of hydrogen-bond acceptors (Lipinski definition) is 5. The number of aliphatic hydroxyl groups is 1. The number of aliphatic hydroxyl groups excluding tert-OH is 1. The molecular weight excluding hydrogens is 168 g/mol.